The van der Waals surface area contributed by atoms with Crippen LogP contribution in [-0.2, 0) is 4.74 Å². The first-order valence-corrected chi connectivity index (χ1v) is 5.86. The molecule has 1 aromatic carbocycles. The summed E-state index contributed by atoms with van der Waals surface area (Å²) in [5.41, 5.74) is 0.618. The maximum Gasteiger partial charge on any atom is 0.152 e. The Labute approximate surface area is 105 Å². The fourth-order valence-electron chi connectivity index (χ4n) is 1.83. The van der Waals surface area contributed by atoms with Gasteiger partial charge in [-0.2, -0.15) is 0 Å². The van der Waals surface area contributed by atoms with Crippen LogP contribution in [0, 0.1) is 5.92 Å². The van der Waals surface area contributed by atoms with Crippen LogP contribution in [0.15, 0.2) is 28.7 Å². The molecule has 2 atom stereocenters. The van der Waals surface area contributed by atoms with Gasteiger partial charge in [0, 0.05) is 18.4 Å². The van der Waals surface area contributed by atoms with E-state index in [-0.39, 0.29) is 5.92 Å². The number of para-hydroxylation sites is 1. The lowest BCUT2D eigenvalue weighted by Gasteiger charge is -2.15. The molecule has 2 aromatic rings. The number of aliphatic hydroxyl groups excluding tert-OH is 1. The van der Waals surface area contributed by atoms with Crippen molar-refractivity contribution in [1.29, 1.82) is 0 Å². The number of halogens is 1. The van der Waals surface area contributed by atoms with Crippen LogP contribution in [0.3, 0.4) is 0 Å². The van der Waals surface area contributed by atoms with E-state index >= 15 is 0 Å². The number of aliphatic hydroxyl groups is 1. The van der Waals surface area contributed by atoms with Crippen LogP contribution < -0.4 is 0 Å². The second kappa shape index (κ2) is 5.08. The third-order valence-electron chi connectivity index (χ3n) is 2.78. The highest BCUT2D eigenvalue weighted by molar-refractivity contribution is 6.34. The summed E-state index contributed by atoms with van der Waals surface area (Å²) in [6.45, 7) is 2.38. The van der Waals surface area contributed by atoms with Crippen LogP contribution in [0.25, 0.3) is 11.0 Å². The van der Waals surface area contributed by atoms with Gasteiger partial charge in [0.1, 0.15) is 11.9 Å². The number of fused-ring (bicyclic) bond motifs is 1. The highest BCUT2D eigenvalue weighted by Crippen LogP contribution is 2.31. The van der Waals surface area contributed by atoms with Gasteiger partial charge in [-0.05, 0) is 12.1 Å². The quantitative estimate of drug-likeness (QED) is 0.909. The molecule has 0 aliphatic heterocycles. The molecule has 92 valence electrons. The van der Waals surface area contributed by atoms with Crippen LogP contribution in [0.1, 0.15) is 18.8 Å². The fourth-order valence-corrected chi connectivity index (χ4v) is 2.05. The van der Waals surface area contributed by atoms with E-state index in [9.17, 15) is 5.11 Å². The molecule has 0 bridgehead atoms. The molecule has 0 saturated heterocycles. The molecular formula is C13H15ClO3. The summed E-state index contributed by atoms with van der Waals surface area (Å²) in [6, 6.07) is 7.34. The molecule has 3 nitrogen and oxygen atoms in total. The Balaban J connectivity index is 2.33. The van der Waals surface area contributed by atoms with E-state index in [4.69, 9.17) is 20.8 Å². The van der Waals surface area contributed by atoms with Crippen molar-refractivity contribution < 1.29 is 14.3 Å². The summed E-state index contributed by atoms with van der Waals surface area (Å²) in [7, 11) is 1.61. The summed E-state index contributed by atoms with van der Waals surface area (Å²) < 4.78 is 10.6. The third-order valence-corrected chi connectivity index (χ3v) is 3.07. The van der Waals surface area contributed by atoms with Gasteiger partial charge in [0.25, 0.3) is 0 Å². The second-order valence-corrected chi connectivity index (χ2v) is 4.59. The Morgan fingerprint density at radius 1 is 1.47 bits per heavy atom. The fraction of sp³-hybridized carbons (Fsp3) is 0.385. The Hall–Kier alpha value is -1.03. The highest BCUT2D eigenvalue weighted by atomic mass is 35.5. The van der Waals surface area contributed by atoms with E-state index in [0.29, 0.717) is 23.0 Å². The summed E-state index contributed by atoms with van der Waals surface area (Å²) in [5.74, 6) is 0.497. The van der Waals surface area contributed by atoms with Gasteiger partial charge in [-0.1, -0.05) is 30.7 Å². The van der Waals surface area contributed by atoms with E-state index in [0.717, 1.165) is 5.39 Å². The zero-order valence-electron chi connectivity index (χ0n) is 9.81. The summed E-state index contributed by atoms with van der Waals surface area (Å²) in [5, 5.41) is 11.6. The molecule has 0 aliphatic rings. The molecule has 0 radical (unpaired) electrons. The molecule has 2 rings (SSSR count). The molecule has 17 heavy (non-hydrogen) atoms. The van der Waals surface area contributed by atoms with Gasteiger partial charge in [0.2, 0.25) is 0 Å². The number of methoxy groups -OCH3 is 1. The number of hydrogen-bond acceptors (Lipinski definition) is 3. The average molecular weight is 255 g/mol. The minimum absolute atomic E-state index is 0.0284. The summed E-state index contributed by atoms with van der Waals surface area (Å²) in [4.78, 5) is 0. The van der Waals surface area contributed by atoms with Gasteiger partial charge in [-0.15, -0.1) is 0 Å². The van der Waals surface area contributed by atoms with Crippen molar-refractivity contribution in [3.8, 4) is 0 Å². The summed E-state index contributed by atoms with van der Waals surface area (Å²) in [6.07, 6.45) is -0.682. The van der Waals surface area contributed by atoms with Crippen LogP contribution in [0.5, 0.6) is 0 Å². The number of benzene rings is 1. The van der Waals surface area contributed by atoms with Crippen molar-refractivity contribution >= 4 is 22.6 Å². The number of ether oxygens (including phenoxy) is 1. The minimum Gasteiger partial charge on any atom is -0.457 e. The highest BCUT2D eigenvalue weighted by Gasteiger charge is 2.20. The Morgan fingerprint density at radius 2 is 2.24 bits per heavy atom. The SMILES string of the molecule is COCC(C)C(O)c1cc2cccc(Cl)c2o1. The van der Waals surface area contributed by atoms with E-state index in [2.05, 4.69) is 0 Å². The molecule has 0 saturated carbocycles. The molecule has 4 heteroatoms. The van der Waals surface area contributed by atoms with Crippen LogP contribution in [0.4, 0.5) is 0 Å². The lowest BCUT2D eigenvalue weighted by Crippen LogP contribution is -2.13. The first kappa shape index (κ1) is 12.4. The molecule has 1 heterocycles. The first-order chi connectivity index (χ1) is 8.13. The number of hydrogen-bond donors (Lipinski definition) is 1. The van der Waals surface area contributed by atoms with Gasteiger partial charge in [0.05, 0.1) is 11.6 Å². The smallest absolute Gasteiger partial charge is 0.152 e. The molecular weight excluding hydrogens is 240 g/mol. The lowest BCUT2D eigenvalue weighted by molar-refractivity contribution is 0.0440. The van der Waals surface area contributed by atoms with E-state index < -0.39 is 6.10 Å². The van der Waals surface area contributed by atoms with Crippen LogP contribution >= 0.6 is 11.6 Å². The predicted octanol–water partition coefficient (Wildman–Crippen LogP) is 3.40. The Bertz CT molecular complexity index is 506. The summed E-state index contributed by atoms with van der Waals surface area (Å²) >= 11 is 6.02. The zero-order valence-corrected chi connectivity index (χ0v) is 10.6. The molecule has 0 fully saturated rings. The van der Waals surface area contributed by atoms with Crippen LogP contribution in [-0.4, -0.2) is 18.8 Å². The zero-order chi connectivity index (χ0) is 12.4. The van der Waals surface area contributed by atoms with Crippen molar-refractivity contribution in [3.63, 3.8) is 0 Å². The van der Waals surface area contributed by atoms with E-state index in [1.165, 1.54) is 0 Å². The number of furan rings is 1. The third kappa shape index (κ3) is 2.46. The topological polar surface area (TPSA) is 42.6 Å². The average Bonchev–Trinajstić information content (AvgIpc) is 2.73. The standard InChI is InChI=1S/C13H15ClO3/c1-8(7-16-2)12(15)11-6-9-4-3-5-10(14)13(9)17-11/h3-6,8,12,15H,7H2,1-2H3. The van der Waals surface area contributed by atoms with Crippen molar-refractivity contribution in [2.24, 2.45) is 5.92 Å². The van der Waals surface area contributed by atoms with Crippen molar-refractivity contribution in [2.75, 3.05) is 13.7 Å². The molecule has 2 unspecified atom stereocenters. The molecule has 1 aromatic heterocycles. The van der Waals surface area contributed by atoms with Crippen LogP contribution in [0.2, 0.25) is 5.02 Å². The Morgan fingerprint density at radius 3 is 2.88 bits per heavy atom. The molecule has 0 aliphatic carbocycles. The maximum absolute atomic E-state index is 10.1. The molecule has 0 amide bonds. The minimum atomic E-state index is -0.682. The van der Waals surface area contributed by atoms with Gasteiger partial charge in [-0.3, -0.25) is 0 Å². The largest absolute Gasteiger partial charge is 0.457 e. The maximum atomic E-state index is 10.1. The van der Waals surface area contributed by atoms with E-state index in [1.807, 2.05) is 25.1 Å². The number of rotatable bonds is 4. The predicted molar refractivity (Wildman–Crippen MR) is 67.2 cm³/mol. The van der Waals surface area contributed by atoms with Crippen molar-refractivity contribution in [3.05, 3.63) is 35.0 Å². The van der Waals surface area contributed by atoms with Gasteiger partial charge in [-0.25, -0.2) is 0 Å². The molecule has 1 N–H and O–H groups in total. The van der Waals surface area contributed by atoms with Gasteiger partial charge >= 0.3 is 0 Å². The monoisotopic (exact) mass is 254 g/mol. The van der Waals surface area contributed by atoms with E-state index in [1.54, 1.807) is 13.2 Å². The van der Waals surface area contributed by atoms with Gasteiger partial charge in [0.15, 0.2) is 5.58 Å². The Kier molecular flexibility index (Phi) is 3.72. The van der Waals surface area contributed by atoms with Crippen molar-refractivity contribution in [2.45, 2.75) is 13.0 Å². The normalized spacial score (nSPS) is 15.1. The second-order valence-electron chi connectivity index (χ2n) is 4.18. The lowest BCUT2D eigenvalue weighted by atomic mass is 10.0. The first-order valence-electron chi connectivity index (χ1n) is 5.48. The van der Waals surface area contributed by atoms with Gasteiger partial charge < -0.3 is 14.3 Å². The van der Waals surface area contributed by atoms with Crippen molar-refractivity contribution in [1.82, 2.24) is 0 Å². The molecule has 0 spiro atoms.